The lowest BCUT2D eigenvalue weighted by molar-refractivity contribution is -0.136. The molecule has 17 nitrogen and oxygen atoms in total. The zero-order valence-corrected chi connectivity index (χ0v) is 35.8. The fourth-order valence-corrected chi connectivity index (χ4v) is 4.15. The summed E-state index contributed by atoms with van der Waals surface area (Å²) in [6.07, 6.45) is -0.876. The molecule has 0 atom stereocenters. The number of carbonyl (C=O) groups excluding carboxylic acids is 2. The Bertz CT molecular complexity index is 1250. The van der Waals surface area contributed by atoms with Crippen LogP contribution in [-0.2, 0) is 66.4 Å². The van der Waals surface area contributed by atoms with E-state index in [2.05, 4.69) is 4.74 Å². The van der Waals surface area contributed by atoms with E-state index in [4.69, 9.17) is 61.6 Å². The molecule has 356 valence electrons. The Morgan fingerprint density at radius 2 is 0.656 bits per heavy atom. The van der Waals surface area contributed by atoms with Gasteiger partial charge >= 0.3 is 12.1 Å². The van der Waals surface area contributed by atoms with Crippen LogP contribution >= 0.6 is 0 Å². The summed E-state index contributed by atoms with van der Waals surface area (Å²) >= 11 is 0. The van der Waals surface area contributed by atoms with Gasteiger partial charge in [0, 0.05) is 13.6 Å². The van der Waals surface area contributed by atoms with Crippen molar-refractivity contribution in [1.82, 2.24) is 4.90 Å². The van der Waals surface area contributed by atoms with E-state index in [0.717, 1.165) is 0 Å². The third-order valence-electron chi connectivity index (χ3n) is 7.20. The zero-order chi connectivity index (χ0) is 45.0. The van der Waals surface area contributed by atoms with E-state index in [1.54, 1.807) is 7.05 Å². The maximum Gasteiger partial charge on any atom is 0.410 e. The van der Waals surface area contributed by atoms with Crippen LogP contribution in [0.4, 0.5) is 26.7 Å². The number of carbonyl (C=O) groups is 2. The van der Waals surface area contributed by atoms with Crippen molar-refractivity contribution in [2.24, 2.45) is 0 Å². The van der Waals surface area contributed by atoms with Crippen molar-refractivity contribution in [2.75, 3.05) is 172 Å². The lowest BCUT2D eigenvalue weighted by Crippen LogP contribution is -2.36. The molecule has 0 saturated heterocycles. The molecule has 22 heteroatoms. The Morgan fingerprint density at radius 1 is 0.410 bits per heavy atom. The highest BCUT2D eigenvalue weighted by atomic mass is 19.2. The first-order valence-electron chi connectivity index (χ1n) is 19.9. The number of benzene rings is 1. The molecule has 0 radical (unpaired) electrons. The lowest BCUT2D eigenvalue weighted by Gasteiger charge is -2.24. The van der Waals surface area contributed by atoms with Gasteiger partial charge in [0.25, 0.3) is 0 Å². The quantitative estimate of drug-likeness (QED) is 0.0233. The minimum Gasteiger partial charge on any atom is -0.444 e. The minimum atomic E-state index is -2.35. The summed E-state index contributed by atoms with van der Waals surface area (Å²) in [5.74, 6) is -14.2. The topological polar surface area (TPSA) is 167 Å². The van der Waals surface area contributed by atoms with Gasteiger partial charge in [0.15, 0.2) is 0 Å². The maximum absolute atomic E-state index is 13.6. The van der Waals surface area contributed by atoms with Crippen molar-refractivity contribution in [3.63, 3.8) is 0 Å². The van der Waals surface area contributed by atoms with Crippen LogP contribution in [0.1, 0.15) is 27.2 Å². The van der Waals surface area contributed by atoms with Crippen LogP contribution in [0.3, 0.4) is 0 Å². The third kappa shape index (κ3) is 30.8. The van der Waals surface area contributed by atoms with Crippen molar-refractivity contribution >= 4 is 12.1 Å². The van der Waals surface area contributed by atoms with Gasteiger partial charge in [0.2, 0.25) is 34.8 Å². The molecular weight excluding hydrogens is 833 g/mol. The summed E-state index contributed by atoms with van der Waals surface area (Å²) < 4.78 is 141. The van der Waals surface area contributed by atoms with Crippen LogP contribution in [0.25, 0.3) is 0 Å². The summed E-state index contributed by atoms with van der Waals surface area (Å²) in [4.78, 5) is 25.0. The second-order valence-electron chi connectivity index (χ2n) is 13.4. The molecular formula is C39H64F5NO16. The van der Waals surface area contributed by atoms with E-state index < -0.39 is 52.8 Å². The second kappa shape index (κ2) is 36.6. The van der Waals surface area contributed by atoms with Gasteiger partial charge in [-0.3, -0.25) is 4.79 Å². The van der Waals surface area contributed by atoms with Gasteiger partial charge < -0.3 is 71.2 Å². The van der Waals surface area contributed by atoms with Crippen molar-refractivity contribution in [3.05, 3.63) is 29.1 Å². The van der Waals surface area contributed by atoms with Crippen molar-refractivity contribution in [3.8, 4) is 5.75 Å². The maximum atomic E-state index is 13.6. The van der Waals surface area contributed by atoms with Gasteiger partial charge in [0.05, 0.1) is 165 Å². The predicted molar refractivity (Wildman–Crippen MR) is 205 cm³/mol. The SMILES string of the molecule is CN(CCOCCOCCOCCOCCOCCOCCOCCOCCOCCOCCOCCOCCC(=O)Oc1c(F)c(F)c(F)c(F)c1F)C(=O)OC(C)(C)C. The average molecular weight is 898 g/mol. The Labute approximate surface area is 354 Å². The fraction of sp³-hybridized carbons (Fsp3) is 0.795. The molecule has 1 amide bonds. The second-order valence-corrected chi connectivity index (χ2v) is 13.4. The molecule has 0 aliphatic heterocycles. The van der Waals surface area contributed by atoms with E-state index in [1.165, 1.54) is 4.90 Å². The summed E-state index contributed by atoms with van der Waals surface area (Å²) in [5.41, 5.74) is -0.530. The van der Waals surface area contributed by atoms with E-state index in [1.807, 2.05) is 20.8 Å². The number of hydrogen-bond acceptors (Lipinski definition) is 16. The third-order valence-corrected chi connectivity index (χ3v) is 7.20. The molecule has 61 heavy (non-hydrogen) atoms. The van der Waals surface area contributed by atoms with Gasteiger partial charge in [-0.2, -0.15) is 8.78 Å². The number of rotatable bonds is 40. The van der Waals surface area contributed by atoms with Crippen LogP contribution in [0.2, 0.25) is 0 Å². The molecule has 0 aliphatic rings. The predicted octanol–water partition coefficient (Wildman–Crippen LogP) is 3.74. The molecule has 0 aliphatic carbocycles. The van der Waals surface area contributed by atoms with Crippen LogP contribution in [0.5, 0.6) is 5.75 Å². The fourth-order valence-electron chi connectivity index (χ4n) is 4.15. The van der Waals surface area contributed by atoms with Crippen LogP contribution in [-0.4, -0.2) is 195 Å². The van der Waals surface area contributed by atoms with Crippen LogP contribution in [0.15, 0.2) is 0 Å². The molecule has 0 heterocycles. The summed E-state index contributed by atoms with van der Waals surface area (Å²) in [6, 6.07) is 0. The summed E-state index contributed by atoms with van der Waals surface area (Å²) in [6.45, 7) is 14.5. The van der Waals surface area contributed by atoms with Crippen molar-refractivity contribution in [2.45, 2.75) is 32.8 Å². The zero-order valence-electron chi connectivity index (χ0n) is 35.8. The molecule has 0 fully saturated rings. The van der Waals surface area contributed by atoms with Crippen LogP contribution < -0.4 is 4.74 Å². The Balaban J connectivity index is 1.72. The molecule has 0 unspecified atom stereocenters. The number of likely N-dealkylation sites (N-methyl/N-ethyl adjacent to an activating group) is 1. The minimum absolute atomic E-state index is 0.0733. The number of esters is 1. The summed E-state index contributed by atoms with van der Waals surface area (Å²) in [5, 5.41) is 0. The highest BCUT2D eigenvalue weighted by molar-refractivity contribution is 5.72. The van der Waals surface area contributed by atoms with Gasteiger partial charge in [-0.1, -0.05) is 0 Å². The monoisotopic (exact) mass is 897 g/mol. The van der Waals surface area contributed by atoms with E-state index >= 15 is 0 Å². The van der Waals surface area contributed by atoms with E-state index in [-0.39, 0.29) is 32.5 Å². The molecule has 0 spiro atoms. The number of ether oxygens (including phenoxy) is 14. The van der Waals surface area contributed by atoms with Gasteiger partial charge in [-0.05, 0) is 20.8 Å². The molecule has 0 bridgehead atoms. The largest absolute Gasteiger partial charge is 0.444 e. The van der Waals surface area contributed by atoms with Crippen molar-refractivity contribution < 1.29 is 97.9 Å². The molecule has 0 saturated carbocycles. The average Bonchev–Trinajstić information content (AvgIpc) is 3.22. The van der Waals surface area contributed by atoms with Gasteiger partial charge in [0.1, 0.15) is 5.60 Å². The van der Waals surface area contributed by atoms with Crippen molar-refractivity contribution in [1.29, 1.82) is 0 Å². The number of hydrogen-bond donors (Lipinski definition) is 0. The molecule has 1 aromatic carbocycles. The standard InChI is InChI=1S/C39H64F5NO16/c1-39(2,3)61-38(47)45(4)6-8-49-10-12-51-14-16-53-18-20-55-22-24-57-26-28-59-30-29-58-27-25-56-23-21-54-19-17-52-15-13-50-11-9-48-7-5-31(46)60-37-35(43)33(41)32(40)34(42)36(37)44/h5-30H2,1-4H3. The molecule has 1 rings (SSSR count). The first kappa shape index (κ1) is 56.1. The Morgan fingerprint density at radius 3 is 0.934 bits per heavy atom. The van der Waals surface area contributed by atoms with E-state index in [0.29, 0.717) is 139 Å². The van der Waals surface area contributed by atoms with Gasteiger partial charge in [-0.25, -0.2) is 18.0 Å². The Hall–Kier alpha value is -2.87. The first-order chi connectivity index (χ1) is 29.3. The molecule has 0 aromatic heterocycles. The smallest absolute Gasteiger partial charge is 0.410 e. The van der Waals surface area contributed by atoms with Crippen LogP contribution in [0, 0.1) is 29.1 Å². The van der Waals surface area contributed by atoms with E-state index in [9.17, 15) is 31.5 Å². The first-order valence-corrected chi connectivity index (χ1v) is 19.9. The number of amides is 1. The molecule has 0 N–H and O–H groups in total. The van der Waals surface area contributed by atoms with Gasteiger partial charge in [-0.15, -0.1) is 0 Å². The number of nitrogens with zero attached hydrogens (tertiary/aromatic N) is 1. The highest BCUT2D eigenvalue weighted by Crippen LogP contribution is 2.29. The molecule has 1 aromatic rings. The Kier molecular flexibility index (Phi) is 33.7. The normalized spacial score (nSPS) is 11.7. The number of halogens is 5. The highest BCUT2D eigenvalue weighted by Gasteiger charge is 2.28. The summed E-state index contributed by atoms with van der Waals surface area (Å²) in [7, 11) is 1.67. The lowest BCUT2D eigenvalue weighted by atomic mass is 10.2.